The molecule has 2 unspecified atom stereocenters. The Bertz CT molecular complexity index is 575. The zero-order valence-electron chi connectivity index (χ0n) is 12.2. The number of nitrogens with one attached hydrogen (secondary N) is 1. The summed E-state index contributed by atoms with van der Waals surface area (Å²) in [6.45, 7) is 0. The Morgan fingerprint density at radius 1 is 1.35 bits per heavy atom. The minimum Gasteiger partial charge on any atom is -0.316 e. The Kier molecular flexibility index (Phi) is 3.83. The van der Waals surface area contributed by atoms with Crippen molar-refractivity contribution >= 4 is 0 Å². The Labute approximate surface area is 120 Å². The molecule has 20 heavy (non-hydrogen) atoms. The highest BCUT2D eigenvalue weighted by Gasteiger charge is 2.26. The van der Waals surface area contributed by atoms with Crippen molar-refractivity contribution in [1.82, 2.24) is 20.1 Å². The van der Waals surface area contributed by atoms with E-state index in [1.54, 1.807) is 6.33 Å². The number of nitrogens with zero attached hydrogens (tertiary/aromatic N) is 3. The maximum absolute atomic E-state index is 4.35. The second kappa shape index (κ2) is 5.75. The molecule has 0 fully saturated rings. The largest absolute Gasteiger partial charge is 0.316 e. The average molecular weight is 270 g/mol. The zero-order valence-corrected chi connectivity index (χ0v) is 12.2. The summed E-state index contributed by atoms with van der Waals surface area (Å²) in [7, 11) is 4.02. The van der Waals surface area contributed by atoms with Crippen LogP contribution < -0.4 is 5.32 Å². The summed E-state index contributed by atoms with van der Waals surface area (Å²) >= 11 is 0. The van der Waals surface area contributed by atoms with Crippen molar-refractivity contribution in [2.24, 2.45) is 13.0 Å². The summed E-state index contributed by atoms with van der Waals surface area (Å²) in [6, 6.07) is 9.30. The molecule has 0 saturated carbocycles. The minimum atomic E-state index is 0.464. The fourth-order valence-corrected chi connectivity index (χ4v) is 3.28. The van der Waals surface area contributed by atoms with Crippen LogP contribution in [0.4, 0.5) is 0 Å². The van der Waals surface area contributed by atoms with Crippen LogP contribution in [0, 0.1) is 5.92 Å². The molecule has 1 heterocycles. The Morgan fingerprint density at radius 3 is 2.85 bits per heavy atom. The molecule has 0 aliphatic heterocycles. The van der Waals surface area contributed by atoms with Crippen LogP contribution >= 0.6 is 0 Å². The molecule has 4 nitrogen and oxygen atoms in total. The molecule has 2 aromatic rings. The second-order valence-electron chi connectivity index (χ2n) is 5.67. The second-order valence-corrected chi connectivity index (χ2v) is 5.67. The van der Waals surface area contributed by atoms with Gasteiger partial charge in [-0.05, 0) is 43.4 Å². The molecule has 106 valence electrons. The number of benzene rings is 1. The number of hydrogen-bond donors (Lipinski definition) is 1. The zero-order chi connectivity index (χ0) is 13.9. The van der Waals surface area contributed by atoms with Gasteiger partial charge in [0, 0.05) is 19.5 Å². The molecule has 1 aromatic carbocycles. The van der Waals surface area contributed by atoms with Gasteiger partial charge in [-0.15, -0.1) is 0 Å². The maximum atomic E-state index is 4.35. The molecular weight excluding hydrogens is 248 g/mol. The van der Waals surface area contributed by atoms with Crippen LogP contribution in [0.2, 0.25) is 0 Å². The summed E-state index contributed by atoms with van der Waals surface area (Å²) in [5.41, 5.74) is 3.04. The van der Waals surface area contributed by atoms with Crippen molar-refractivity contribution in [1.29, 1.82) is 0 Å². The van der Waals surface area contributed by atoms with E-state index in [2.05, 4.69) is 46.7 Å². The standard InChI is InChI=1S/C16H22N4/c1-17-15(10-16-18-11-19-20(16)2)14-8-7-12-5-3-4-6-13(12)9-14/h3-6,11,14-15,17H,7-10H2,1-2H3. The van der Waals surface area contributed by atoms with Gasteiger partial charge in [0.25, 0.3) is 0 Å². The van der Waals surface area contributed by atoms with E-state index in [0.29, 0.717) is 12.0 Å². The number of rotatable bonds is 4. The molecule has 1 aromatic heterocycles. The van der Waals surface area contributed by atoms with Gasteiger partial charge in [-0.3, -0.25) is 4.68 Å². The van der Waals surface area contributed by atoms with E-state index in [-0.39, 0.29) is 0 Å². The van der Waals surface area contributed by atoms with E-state index in [1.807, 2.05) is 11.7 Å². The van der Waals surface area contributed by atoms with Crippen molar-refractivity contribution < 1.29 is 0 Å². The molecule has 4 heteroatoms. The molecule has 3 rings (SSSR count). The highest BCUT2D eigenvalue weighted by atomic mass is 15.3. The van der Waals surface area contributed by atoms with Crippen LogP contribution in [0.15, 0.2) is 30.6 Å². The molecule has 2 atom stereocenters. The maximum Gasteiger partial charge on any atom is 0.138 e. The van der Waals surface area contributed by atoms with Crippen LogP contribution in [-0.4, -0.2) is 27.9 Å². The Hall–Kier alpha value is -1.68. The van der Waals surface area contributed by atoms with E-state index < -0.39 is 0 Å². The third-order valence-corrected chi connectivity index (χ3v) is 4.53. The van der Waals surface area contributed by atoms with Crippen LogP contribution in [0.25, 0.3) is 0 Å². The lowest BCUT2D eigenvalue weighted by molar-refractivity contribution is 0.327. The first-order valence-corrected chi connectivity index (χ1v) is 7.35. The van der Waals surface area contributed by atoms with Crippen LogP contribution in [0.5, 0.6) is 0 Å². The van der Waals surface area contributed by atoms with E-state index in [9.17, 15) is 0 Å². The van der Waals surface area contributed by atoms with E-state index >= 15 is 0 Å². The van der Waals surface area contributed by atoms with Crippen LogP contribution in [0.1, 0.15) is 23.4 Å². The number of aromatic nitrogens is 3. The number of fused-ring (bicyclic) bond motifs is 1. The van der Waals surface area contributed by atoms with Gasteiger partial charge < -0.3 is 5.32 Å². The van der Waals surface area contributed by atoms with Gasteiger partial charge in [-0.1, -0.05) is 24.3 Å². The molecule has 1 aliphatic carbocycles. The lowest BCUT2D eigenvalue weighted by Crippen LogP contribution is -2.39. The molecule has 0 radical (unpaired) electrons. The SMILES string of the molecule is CNC(Cc1ncnn1C)C1CCc2ccccc2C1. The van der Waals surface area contributed by atoms with Crippen molar-refractivity contribution in [2.75, 3.05) is 7.05 Å². The van der Waals surface area contributed by atoms with E-state index in [4.69, 9.17) is 0 Å². The van der Waals surface area contributed by atoms with Gasteiger partial charge in [-0.25, -0.2) is 4.98 Å². The third-order valence-electron chi connectivity index (χ3n) is 4.53. The first-order chi connectivity index (χ1) is 9.78. The van der Waals surface area contributed by atoms with Crippen molar-refractivity contribution in [3.8, 4) is 0 Å². The first-order valence-electron chi connectivity index (χ1n) is 7.35. The molecule has 1 N–H and O–H groups in total. The molecule has 1 aliphatic rings. The van der Waals surface area contributed by atoms with Crippen LogP contribution in [-0.2, 0) is 26.3 Å². The third kappa shape index (κ3) is 2.61. The molecule has 0 spiro atoms. The summed E-state index contributed by atoms with van der Waals surface area (Å²) in [4.78, 5) is 4.35. The number of aryl methyl sites for hydroxylation is 2. The van der Waals surface area contributed by atoms with Gasteiger partial charge in [0.15, 0.2) is 0 Å². The highest BCUT2D eigenvalue weighted by Crippen LogP contribution is 2.28. The first kappa shape index (κ1) is 13.3. The van der Waals surface area contributed by atoms with Gasteiger partial charge in [0.1, 0.15) is 12.2 Å². The highest BCUT2D eigenvalue weighted by molar-refractivity contribution is 5.30. The van der Waals surface area contributed by atoms with E-state index in [1.165, 1.54) is 30.4 Å². The molecule has 0 saturated heterocycles. The molecule has 0 amide bonds. The molecule has 0 bridgehead atoms. The lowest BCUT2D eigenvalue weighted by Gasteiger charge is -2.31. The summed E-state index contributed by atoms with van der Waals surface area (Å²) in [5, 5.41) is 7.65. The number of hydrogen-bond acceptors (Lipinski definition) is 3. The summed E-state index contributed by atoms with van der Waals surface area (Å²) < 4.78 is 1.88. The fourth-order valence-electron chi connectivity index (χ4n) is 3.28. The van der Waals surface area contributed by atoms with Gasteiger partial charge in [0.2, 0.25) is 0 Å². The van der Waals surface area contributed by atoms with Gasteiger partial charge in [0.05, 0.1) is 0 Å². The predicted molar refractivity (Wildman–Crippen MR) is 79.5 cm³/mol. The predicted octanol–water partition coefficient (Wildman–Crippen LogP) is 1.75. The van der Waals surface area contributed by atoms with Crippen molar-refractivity contribution in [3.05, 3.63) is 47.5 Å². The molecular formula is C16H22N4. The number of likely N-dealkylation sites (N-methyl/N-ethyl adjacent to an activating group) is 1. The monoisotopic (exact) mass is 270 g/mol. The Balaban J connectivity index is 1.73. The summed E-state index contributed by atoms with van der Waals surface area (Å²) in [5.74, 6) is 1.73. The van der Waals surface area contributed by atoms with Gasteiger partial charge >= 0.3 is 0 Å². The quantitative estimate of drug-likeness (QED) is 0.920. The van der Waals surface area contributed by atoms with Crippen LogP contribution in [0.3, 0.4) is 0 Å². The topological polar surface area (TPSA) is 42.7 Å². The van der Waals surface area contributed by atoms with Crippen molar-refractivity contribution in [3.63, 3.8) is 0 Å². The fraction of sp³-hybridized carbons (Fsp3) is 0.500. The minimum absolute atomic E-state index is 0.464. The van der Waals surface area contributed by atoms with Gasteiger partial charge in [-0.2, -0.15) is 5.10 Å². The van der Waals surface area contributed by atoms with Crippen molar-refractivity contribution in [2.45, 2.75) is 31.7 Å². The lowest BCUT2D eigenvalue weighted by atomic mass is 9.79. The summed E-state index contributed by atoms with van der Waals surface area (Å²) in [6.07, 6.45) is 6.19. The average Bonchev–Trinajstić information content (AvgIpc) is 2.89. The normalized spacial score (nSPS) is 19.6. The van der Waals surface area contributed by atoms with E-state index in [0.717, 1.165) is 12.2 Å². The Morgan fingerprint density at radius 2 is 2.15 bits per heavy atom. The smallest absolute Gasteiger partial charge is 0.138 e.